The van der Waals surface area contributed by atoms with Crippen molar-refractivity contribution in [2.45, 2.75) is 76.8 Å². The first-order valence-electron chi connectivity index (χ1n) is 10.7. The van der Waals surface area contributed by atoms with Crippen molar-refractivity contribution in [1.29, 1.82) is 0 Å². The SMILES string of the molecule is [2H][13C]([2H])([2H])[C@@H]1CC2=C(CC[C@H](O)C2)[C@H]2CC[C@@]3(C)[C@@H](CC[C@@]3(O)C#C)[C@@H]21. The van der Waals surface area contributed by atoms with Gasteiger partial charge in [0, 0.05) is 9.53 Å². The Labute approximate surface area is 144 Å². The van der Waals surface area contributed by atoms with Gasteiger partial charge in [-0.3, -0.25) is 0 Å². The number of terminal acetylenes is 1. The predicted octanol–water partition coefficient (Wildman–Crippen LogP) is 3.67. The fraction of sp³-hybridized carbons (Fsp3) is 0.810. The summed E-state index contributed by atoms with van der Waals surface area (Å²) in [7, 11) is 0. The molecule has 0 aromatic rings. The van der Waals surface area contributed by atoms with Crippen molar-refractivity contribution >= 4 is 0 Å². The molecule has 23 heavy (non-hydrogen) atoms. The topological polar surface area (TPSA) is 40.5 Å². The zero-order valence-corrected chi connectivity index (χ0v) is 14.0. The number of hydrogen-bond donors (Lipinski definition) is 2. The maximum Gasteiger partial charge on any atom is 0.130 e. The minimum atomic E-state index is -2.01. The van der Waals surface area contributed by atoms with E-state index in [0.29, 0.717) is 19.3 Å². The fourth-order valence-corrected chi connectivity index (χ4v) is 6.50. The molecule has 2 nitrogen and oxygen atoms in total. The molecule has 0 amide bonds. The molecule has 0 unspecified atom stereocenters. The molecule has 2 fully saturated rings. The number of fused-ring (bicyclic) bond motifs is 4. The Kier molecular flexibility index (Phi) is 2.79. The Hall–Kier alpha value is -0.780. The molecule has 0 aromatic carbocycles. The fourth-order valence-electron chi connectivity index (χ4n) is 6.50. The molecule has 2 saturated carbocycles. The summed E-state index contributed by atoms with van der Waals surface area (Å²) in [5, 5.41) is 21.2. The monoisotopic (exact) mass is 318 g/mol. The van der Waals surface area contributed by atoms with Crippen molar-refractivity contribution < 1.29 is 14.3 Å². The number of aliphatic hydroxyl groups is 2. The molecule has 4 aliphatic rings. The lowest BCUT2D eigenvalue weighted by Gasteiger charge is -2.55. The van der Waals surface area contributed by atoms with Gasteiger partial charge in [-0.05, 0) is 75.0 Å². The Morgan fingerprint density at radius 2 is 2.09 bits per heavy atom. The van der Waals surface area contributed by atoms with Crippen LogP contribution in [0.5, 0.6) is 0 Å². The summed E-state index contributed by atoms with van der Waals surface area (Å²) in [6.45, 7) is 0.0742. The molecule has 0 saturated heterocycles. The van der Waals surface area contributed by atoms with Crippen LogP contribution in [0.25, 0.3) is 0 Å². The lowest BCUT2D eigenvalue weighted by atomic mass is 9.51. The van der Waals surface area contributed by atoms with E-state index in [2.05, 4.69) is 12.8 Å². The normalized spacial score (nSPS) is 54.9. The zero-order valence-electron chi connectivity index (χ0n) is 17.0. The number of allylic oxidation sites excluding steroid dienone is 1. The summed E-state index contributed by atoms with van der Waals surface area (Å²) < 4.78 is 24.6. The second-order valence-corrected chi connectivity index (χ2v) is 8.63. The third-order valence-corrected chi connectivity index (χ3v) is 7.78. The molecule has 4 aliphatic carbocycles. The van der Waals surface area contributed by atoms with Gasteiger partial charge in [0.25, 0.3) is 0 Å². The highest BCUT2D eigenvalue weighted by molar-refractivity contribution is 5.30. The zero-order chi connectivity index (χ0) is 18.9. The van der Waals surface area contributed by atoms with E-state index in [1.54, 1.807) is 0 Å². The van der Waals surface area contributed by atoms with E-state index in [1.807, 2.05) is 0 Å². The van der Waals surface area contributed by atoms with Gasteiger partial charge in [0.05, 0.1) is 6.10 Å². The summed E-state index contributed by atoms with van der Waals surface area (Å²) >= 11 is 0. The lowest BCUT2D eigenvalue weighted by Crippen LogP contribution is -2.52. The van der Waals surface area contributed by atoms with E-state index in [0.717, 1.165) is 32.1 Å². The van der Waals surface area contributed by atoms with Gasteiger partial charge in [0.15, 0.2) is 0 Å². The van der Waals surface area contributed by atoms with Crippen LogP contribution in [0.15, 0.2) is 11.1 Å². The van der Waals surface area contributed by atoms with Crippen molar-refractivity contribution in [3.05, 3.63) is 11.1 Å². The van der Waals surface area contributed by atoms with E-state index in [1.165, 1.54) is 11.1 Å². The van der Waals surface area contributed by atoms with Gasteiger partial charge in [-0.1, -0.05) is 30.8 Å². The quantitative estimate of drug-likeness (QED) is 0.406. The molecule has 2 N–H and O–H groups in total. The Balaban J connectivity index is 1.78. The molecule has 0 radical (unpaired) electrons. The summed E-state index contributed by atoms with van der Waals surface area (Å²) in [5.74, 6) is 2.79. The van der Waals surface area contributed by atoms with E-state index < -0.39 is 17.9 Å². The highest BCUT2D eigenvalue weighted by Gasteiger charge is 2.62. The number of aliphatic hydroxyl groups excluding tert-OH is 1. The van der Waals surface area contributed by atoms with Crippen LogP contribution in [0.3, 0.4) is 0 Å². The smallest absolute Gasteiger partial charge is 0.130 e. The van der Waals surface area contributed by atoms with Crippen molar-refractivity contribution in [2.75, 3.05) is 0 Å². The van der Waals surface area contributed by atoms with Crippen molar-refractivity contribution in [2.24, 2.45) is 29.1 Å². The van der Waals surface area contributed by atoms with Crippen LogP contribution in [0.4, 0.5) is 0 Å². The van der Waals surface area contributed by atoms with E-state index >= 15 is 0 Å². The van der Waals surface area contributed by atoms with Gasteiger partial charge in [-0.15, -0.1) is 6.42 Å². The molecule has 0 spiro atoms. The minimum Gasteiger partial charge on any atom is -0.393 e. The molecular formula is C21H30O2. The summed E-state index contributed by atoms with van der Waals surface area (Å²) in [6.07, 6.45) is 11.4. The molecule has 4 rings (SSSR count). The van der Waals surface area contributed by atoms with E-state index in [9.17, 15) is 10.2 Å². The summed E-state index contributed by atoms with van der Waals surface area (Å²) in [4.78, 5) is 0. The first-order valence-corrected chi connectivity index (χ1v) is 9.20. The molecule has 0 aromatic heterocycles. The molecule has 0 bridgehead atoms. The van der Waals surface area contributed by atoms with Crippen LogP contribution in [0.1, 0.15) is 69.3 Å². The highest BCUT2D eigenvalue weighted by Crippen LogP contribution is 2.65. The van der Waals surface area contributed by atoms with Crippen LogP contribution >= 0.6 is 0 Å². The first kappa shape index (κ1) is 12.6. The number of rotatable bonds is 0. The lowest BCUT2D eigenvalue weighted by molar-refractivity contribution is -0.0813. The largest absolute Gasteiger partial charge is 0.393 e. The van der Waals surface area contributed by atoms with E-state index in [4.69, 9.17) is 10.5 Å². The molecular weight excluding hydrogens is 285 g/mol. The average Bonchev–Trinajstić information content (AvgIpc) is 2.85. The van der Waals surface area contributed by atoms with Gasteiger partial charge in [-0.2, -0.15) is 0 Å². The molecule has 0 heterocycles. The van der Waals surface area contributed by atoms with Crippen molar-refractivity contribution in [3.63, 3.8) is 0 Å². The van der Waals surface area contributed by atoms with Crippen LogP contribution in [0, 0.1) is 41.4 Å². The standard InChI is InChI=1S/C21H30O2/c1-4-21(23)10-8-18-19-13(2)11-14-12-15(22)5-6-16(14)17(19)7-9-20(18,21)3/h1,13,15,17-19,22-23H,5-12H2,2-3H3/t13-,15+,17-,18+,19-,20+,21+/m1/s1/i2+1D3. The second kappa shape index (κ2) is 5.11. The molecule has 0 aliphatic heterocycles. The Morgan fingerprint density at radius 3 is 2.83 bits per heavy atom. The third kappa shape index (κ3) is 2.02. The van der Waals surface area contributed by atoms with Gasteiger partial charge in [0.2, 0.25) is 0 Å². The average molecular weight is 318 g/mol. The summed E-state index contributed by atoms with van der Waals surface area (Å²) in [6, 6.07) is 0. The molecule has 2 heteroatoms. The Bertz CT molecular complexity index is 676. The molecule has 126 valence electrons. The van der Waals surface area contributed by atoms with Gasteiger partial charge in [0.1, 0.15) is 5.60 Å². The second-order valence-electron chi connectivity index (χ2n) is 8.63. The summed E-state index contributed by atoms with van der Waals surface area (Å²) in [5.41, 5.74) is 1.14. The predicted molar refractivity (Wildman–Crippen MR) is 91.5 cm³/mol. The maximum atomic E-state index is 11.1. The van der Waals surface area contributed by atoms with Crippen LogP contribution < -0.4 is 0 Å². The maximum absolute atomic E-state index is 11.1. The highest BCUT2D eigenvalue weighted by atomic mass is 16.3. The van der Waals surface area contributed by atoms with Crippen LogP contribution in [0.2, 0.25) is 0 Å². The first-order chi connectivity index (χ1) is 12.1. The molecule has 7 atom stereocenters. The minimum absolute atomic E-state index is 0.0672. The van der Waals surface area contributed by atoms with Crippen LogP contribution in [-0.2, 0) is 0 Å². The van der Waals surface area contributed by atoms with Crippen molar-refractivity contribution in [3.8, 4) is 12.3 Å². The van der Waals surface area contributed by atoms with E-state index in [-0.39, 0.29) is 29.8 Å². The van der Waals surface area contributed by atoms with Gasteiger partial charge >= 0.3 is 0 Å². The number of hydrogen-bond acceptors (Lipinski definition) is 2. The Morgan fingerprint density at radius 1 is 1.26 bits per heavy atom. The van der Waals surface area contributed by atoms with Gasteiger partial charge in [-0.25, -0.2) is 0 Å². The third-order valence-electron chi connectivity index (χ3n) is 7.78. The van der Waals surface area contributed by atoms with Crippen molar-refractivity contribution in [1.82, 2.24) is 0 Å². The van der Waals surface area contributed by atoms with Crippen LogP contribution in [-0.4, -0.2) is 21.9 Å². The van der Waals surface area contributed by atoms with Gasteiger partial charge < -0.3 is 10.2 Å².